The van der Waals surface area contributed by atoms with Crippen molar-refractivity contribution < 1.29 is 13.2 Å². The number of rotatable bonds is 8. The molecule has 0 fully saturated rings. The summed E-state index contributed by atoms with van der Waals surface area (Å²) in [6, 6.07) is 6.81. The molecule has 1 rings (SSSR count). The summed E-state index contributed by atoms with van der Waals surface area (Å²) in [5.41, 5.74) is 6.81. The lowest BCUT2D eigenvalue weighted by molar-refractivity contribution is 0.340. The highest BCUT2D eigenvalue weighted by Crippen LogP contribution is 2.18. The van der Waals surface area contributed by atoms with Crippen LogP contribution in [0.4, 0.5) is 0 Å². The molecule has 0 saturated heterocycles. The second-order valence-electron chi connectivity index (χ2n) is 5.41. The van der Waals surface area contributed by atoms with Gasteiger partial charge in [-0.2, -0.15) is 0 Å². The topological polar surface area (TPSA) is 69.4 Å². The number of hydrogen-bond acceptors (Lipinski definition) is 4. The molecule has 114 valence electrons. The maximum Gasteiger partial charge on any atom is 0.152 e. The summed E-state index contributed by atoms with van der Waals surface area (Å²) in [5.74, 6) is 1.35. The van der Waals surface area contributed by atoms with Crippen LogP contribution in [0.3, 0.4) is 0 Å². The maximum absolute atomic E-state index is 12.0. The third-order valence-corrected chi connectivity index (χ3v) is 4.78. The molecular formula is C15H25NO3S. The highest BCUT2D eigenvalue weighted by molar-refractivity contribution is 7.91. The monoisotopic (exact) mass is 299 g/mol. The molecule has 1 aromatic carbocycles. The predicted molar refractivity (Wildman–Crippen MR) is 82.6 cm³/mol. The van der Waals surface area contributed by atoms with Gasteiger partial charge in [0.25, 0.3) is 0 Å². The minimum atomic E-state index is -3.10. The quantitative estimate of drug-likeness (QED) is 0.801. The molecule has 1 aromatic rings. The highest BCUT2D eigenvalue weighted by Gasteiger charge is 2.18. The molecule has 1 atom stereocenters. The Labute approximate surface area is 122 Å². The van der Waals surface area contributed by atoms with E-state index in [0.717, 1.165) is 11.3 Å². The first-order valence-corrected chi connectivity index (χ1v) is 8.85. The normalized spacial score (nSPS) is 13.4. The zero-order chi connectivity index (χ0) is 15.2. The predicted octanol–water partition coefficient (Wildman–Crippen LogP) is 2.55. The Morgan fingerprint density at radius 3 is 2.30 bits per heavy atom. The van der Waals surface area contributed by atoms with Crippen LogP contribution in [0.5, 0.6) is 5.75 Å². The molecule has 0 spiro atoms. The Balaban J connectivity index is 2.63. The Morgan fingerprint density at radius 1 is 1.20 bits per heavy atom. The van der Waals surface area contributed by atoms with E-state index >= 15 is 0 Å². The molecule has 0 aliphatic rings. The molecule has 0 amide bonds. The maximum atomic E-state index is 12.0. The van der Waals surface area contributed by atoms with Crippen molar-refractivity contribution in [1.29, 1.82) is 0 Å². The average molecular weight is 299 g/mol. The molecule has 0 bridgehead atoms. The standard InChI is InChI=1S/C15H25NO3S/c1-4-19-14-7-5-13(6-8-14)15(16)11-20(17,18)10-9-12(2)3/h5-8,12,15H,4,9-11,16H2,1-3H3. The first kappa shape index (κ1) is 17.0. The minimum absolute atomic E-state index is 0.00625. The van der Waals surface area contributed by atoms with Gasteiger partial charge in [-0.15, -0.1) is 0 Å². The van der Waals surface area contributed by atoms with Crippen LogP contribution in [0.25, 0.3) is 0 Å². The van der Waals surface area contributed by atoms with E-state index in [1.165, 1.54) is 0 Å². The first-order chi connectivity index (χ1) is 9.34. The van der Waals surface area contributed by atoms with Crippen LogP contribution in [0, 0.1) is 5.92 Å². The van der Waals surface area contributed by atoms with Crippen molar-refractivity contribution in [2.24, 2.45) is 11.7 Å². The van der Waals surface area contributed by atoms with Gasteiger partial charge in [0, 0.05) is 6.04 Å². The summed E-state index contributed by atoms with van der Waals surface area (Å²) in [5, 5.41) is 0. The molecule has 0 aliphatic carbocycles. The van der Waals surface area contributed by atoms with Crippen molar-refractivity contribution in [3.05, 3.63) is 29.8 Å². The number of ether oxygens (including phenoxy) is 1. The Morgan fingerprint density at radius 2 is 1.80 bits per heavy atom. The number of hydrogen-bond donors (Lipinski definition) is 1. The van der Waals surface area contributed by atoms with Gasteiger partial charge in [-0.05, 0) is 37.0 Å². The second-order valence-corrected chi connectivity index (χ2v) is 7.63. The number of sulfone groups is 1. The molecule has 20 heavy (non-hydrogen) atoms. The van der Waals surface area contributed by atoms with Crippen molar-refractivity contribution in [3.8, 4) is 5.75 Å². The number of nitrogens with two attached hydrogens (primary N) is 1. The van der Waals surface area contributed by atoms with Crippen LogP contribution >= 0.6 is 0 Å². The smallest absolute Gasteiger partial charge is 0.152 e. The van der Waals surface area contributed by atoms with Crippen molar-refractivity contribution >= 4 is 9.84 Å². The molecule has 4 nitrogen and oxygen atoms in total. The minimum Gasteiger partial charge on any atom is -0.494 e. The van der Waals surface area contributed by atoms with Gasteiger partial charge in [0.05, 0.1) is 18.1 Å². The first-order valence-electron chi connectivity index (χ1n) is 7.03. The SMILES string of the molecule is CCOc1ccc(C(N)CS(=O)(=O)CCC(C)C)cc1. The van der Waals surface area contributed by atoms with E-state index < -0.39 is 15.9 Å². The van der Waals surface area contributed by atoms with Crippen molar-refractivity contribution in [2.45, 2.75) is 33.2 Å². The fourth-order valence-electron chi connectivity index (χ4n) is 1.85. The van der Waals surface area contributed by atoms with E-state index in [-0.39, 0.29) is 11.5 Å². The Hall–Kier alpha value is -1.07. The van der Waals surface area contributed by atoms with E-state index in [1.54, 1.807) is 0 Å². The van der Waals surface area contributed by atoms with Crippen LogP contribution in [0.2, 0.25) is 0 Å². The fourth-order valence-corrected chi connectivity index (χ4v) is 3.58. The summed E-state index contributed by atoms with van der Waals surface area (Å²) >= 11 is 0. The van der Waals surface area contributed by atoms with Gasteiger partial charge in [-0.1, -0.05) is 26.0 Å². The lowest BCUT2D eigenvalue weighted by Gasteiger charge is -2.14. The Kier molecular flexibility index (Phi) is 6.49. The van der Waals surface area contributed by atoms with Crippen LogP contribution in [-0.4, -0.2) is 26.5 Å². The highest BCUT2D eigenvalue weighted by atomic mass is 32.2. The third-order valence-electron chi connectivity index (χ3n) is 3.06. The lowest BCUT2D eigenvalue weighted by Crippen LogP contribution is -2.24. The summed E-state index contributed by atoms with van der Waals surface area (Å²) in [4.78, 5) is 0. The van der Waals surface area contributed by atoms with Gasteiger partial charge in [0.15, 0.2) is 9.84 Å². The van der Waals surface area contributed by atoms with Crippen LogP contribution in [0.1, 0.15) is 38.8 Å². The van der Waals surface area contributed by atoms with E-state index in [1.807, 2.05) is 45.0 Å². The zero-order valence-corrected chi connectivity index (χ0v) is 13.3. The summed E-state index contributed by atoms with van der Waals surface area (Å²) in [7, 11) is -3.10. The largest absolute Gasteiger partial charge is 0.494 e. The van der Waals surface area contributed by atoms with Gasteiger partial charge in [0.1, 0.15) is 5.75 Å². The van der Waals surface area contributed by atoms with Crippen LogP contribution in [0.15, 0.2) is 24.3 Å². The molecule has 5 heteroatoms. The average Bonchev–Trinajstić information content (AvgIpc) is 2.37. The molecule has 2 N–H and O–H groups in total. The summed E-state index contributed by atoms with van der Waals surface area (Å²) in [6.07, 6.45) is 0.679. The van der Waals surface area contributed by atoms with Crippen LogP contribution in [-0.2, 0) is 9.84 Å². The lowest BCUT2D eigenvalue weighted by atomic mass is 10.1. The van der Waals surface area contributed by atoms with E-state index in [2.05, 4.69) is 0 Å². The Bertz CT molecular complexity index is 494. The van der Waals surface area contributed by atoms with Crippen molar-refractivity contribution in [3.63, 3.8) is 0 Å². The molecule has 0 radical (unpaired) electrons. The third kappa shape index (κ3) is 5.92. The van der Waals surface area contributed by atoms with Gasteiger partial charge < -0.3 is 10.5 Å². The fraction of sp³-hybridized carbons (Fsp3) is 0.600. The molecule has 0 aliphatic heterocycles. The molecule has 0 saturated carbocycles. The van der Waals surface area contributed by atoms with E-state index in [0.29, 0.717) is 18.9 Å². The van der Waals surface area contributed by atoms with E-state index in [4.69, 9.17) is 10.5 Å². The van der Waals surface area contributed by atoms with Gasteiger partial charge >= 0.3 is 0 Å². The van der Waals surface area contributed by atoms with Crippen molar-refractivity contribution in [2.75, 3.05) is 18.1 Å². The van der Waals surface area contributed by atoms with Gasteiger partial charge in [-0.25, -0.2) is 8.42 Å². The zero-order valence-electron chi connectivity index (χ0n) is 12.5. The summed E-state index contributed by atoms with van der Waals surface area (Å²) < 4.78 is 29.3. The molecule has 1 unspecified atom stereocenters. The molecular weight excluding hydrogens is 274 g/mol. The number of benzene rings is 1. The molecule has 0 aromatic heterocycles. The summed E-state index contributed by atoms with van der Waals surface area (Å²) in [6.45, 7) is 6.56. The van der Waals surface area contributed by atoms with Crippen LogP contribution < -0.4 is 10.5 Å². The van der Waals surface area contributed by atoms with Crippen molar-refractivity contribution in [1.82, 2.24) is 0 Å². The van der Waals surface area contributed by atoms with Gasteiger partial charge in [0.2, 0.25) is 0 Å². The second kappa shape index (κ2) is 7.64. The van der Waals surface area contributed by atoms with E-state index in [9.17, 15) is 8.42 Å². The molecule has 0 heterocycles. The van der Waals surface area contributed by atoms with Gasteiger partial charge in [-0.3, -0.25) is 0 Å².